The van der Waals surface area contributed by atoms with Crippen LogP contribution >= 0.6 is 0 Å². The van der Waals surface area contributed by atoms with Crippen molar-refractivity contribution in [1.29, 1.82) is 0 Å². The molecule has 0 bridgehead atoms. The number of nitrogens with two attached hydrogens (primary N) is 1. The summed E-state index contributed by atoms with van der Waals surface area (Å²) in [6.45, 7) is 5.86. The Balaban J connectivity index is 2.20. The van der Waals surface area contributed by atoms with Crippen LogP contribution in [0.5, 0.6) is 0 Å². The lowest BCUT2D eigenvalue weighted by molar-refractivity contribution is 0.0156. The van der Waals surface area contributed by atoms with Gasteiger partial charge in [-0.05, 0) is 50.6 Å². The van der Waals surface area contributed by atoms with E-state index < -0.39 is 0 Å². The average Bonchev–Trinajstić information content (AvgIpc) is 2.49. The molecule has 4 nitrogen and oxygen atoms in total. The zero-order valence-corrected chi connectivity index (χ0v) is 12.8. The molecule has 0 saturated carbocycles. The van der Waals surface area contributed by atoms with Crippen LogP contribution in [0.4, 0.5) is 0 Å². The summed E-state index contributed by atoms with van der Waals surface area (Å²) >= 11 is 0. The van der Waals surface area contributed by atoms with Gasteiger partial charge in [-0.2, -0.15) is 0 Å². The van der Waals surface area contributed by atoms with Crippen molar-refractivity contribution in [1.82, 2.24) is 9.97 Å². The van der Waals surface area contributed by atoms with Crippen molar-refractivity contribution in [2.75, 3.05) is 13.2 Å². The van der Waals surface area contributed by atoms with Crippen LogP contribution in [-0.2, 0) is 30.4 Å². The highest BCUT2D eigenvalue weighted by molar-refractivity contribution is 5.27. The van der Waals surface area contributed by atoms with Crippen LogP contribution < -0.4 is 5.73 Å². The Hall–Kier alpha value is -1.00. The number of hydrogen-bond acceptors (Lipinski definition) is 4. The standard InChI is InChI=1S/C16H27N3O/c1-3-14-13(8-9-17)15(4-2)19-16(18-14)11-12-7-5-6-10-20-12/h12H,3-11,17H2,1-2H3. The molecule has 112 valence electrons. The second kappa shape index (κ2) is 7.70. The Morgan fingerprint density at radius 3 is 2.35 bits per heavy atom. The van der Waals surface area contributed by atoms with Gasteiger partial charge in [0, 0.05) is 24.4 Å². The molecule has 0 aromatic carbocycles. The van der Waals surface area contributed by atoms with Gasteiger partial charge in [0.15, 0.2) is 0 Å². The van der Waals surface area contributed by atoms with E-state index in [1.54, 1.807) is 0 Å². The maximum atomic E-state index is 5.81. The SMILES string of the molecule is CCc1nc(CC2CCCCO2)nc(CC)c1CCN. The Labute approximate surface area is 122 Å². The average molecular weight is 277 g/mol. The first-order valence-electron chi connectivity index (χ1n) is 7.97. The third-order valence-corrected chi connectivity index (χ3v) is 3.97. The summed E-state index contributed by atoms with van der Waals surface area (Å²) in [5, 5.41) is 0. The molecule has 0 aliphatic carbocycles. The molecule has 2 rings (SSSR count). The number of rotatable bonds is 6. The maximum absolute atomic E-state index is 5.81. The van der Waals surface area contributed by atoms with Crippen LogP contribution in [-0.4, -0.2) is 29.2 Å². The van der Waals surface area contributed by atoms with E-state index in [9.17, 15) is 0 Å². The van der Waals surface area contributed by atoms with Crippen LogP contribution in [0.2, 0.25) is 0 Å². The van der Waals surface area contributed by atoms with E-state index >= 15 is 0 Å². The van der Waals surface area contributed by atoms with Gasteiger partial charge in [-0.3, -0.25) is 0 Å². The normalized spacial score (nSPS) is 19.2. The van der Waals surface area contributed by atoms with Gasteiger partial charge in [0.25, 0.3) is 0 Å². The highest BCUT2D eigenvalue weighted by Gasteiger charge is 2.18. The molecule has 1 aromatic rings. The minimum Gasteiger partial charge on any atom is -0.378 e. The fraction of sp³-hybridized carbons (Fsp3) is 0.750. The first-order chi connectivity index (χ1) is 9.78. The highest BCUT2D eigenvalue weighted by Crippen LogP contribution is 2.19. The molecule has 2 N–H and O–H groups in total. The summed E-state index contributed by atoms with van der Waals surface area (Å²) in [7, 11) is 0. The minimum atomic E-state index is 0.304. The fourth-order valence-electron chi connectivity index (χ4n) is 2.92. The first kappa shape index (κ1) is 15.4. The smallest absolute Gasteiger partial charge is 0.131 e. The molecular formula is C16H27N3O. The van der Waals surface area contributed by atoms with Gasteiger partial charge in [0.2, 0.25) is 0 Å². The molecule has 0 amide bonds. The summed E-state index contributed by atoms with van der Waals surface area (Å²) in [5.74, 6) is 0.950. The van der Waals surface area contributed by atoms with Crippen molar-refractivity contribution < 1.29 is 4.74 Å². The van der Waals surface area contributed by atoms with Gasteiger partial charge < -0.3 is 10.5 Å². The third kappa shape index (κ3) is 3.76. The van der Waals surface area contributed by atoms with Crippen LogP contribution in [0.15, 0.2) is 0 Å². The highest BCUT2D eigenvalue weighted by atomic mass is 16.5. The van der Waals surface area contributed by atoms with Crippen molar-refractivity contribution in [2.45, 2.75) is 64.9 Å². The molecule has 1 fully saturated rings. The summed E-state index contributed by atoms with van der Waals surface area (Å²) < 4.78 is 5.81. The Bertz CT molecular complexity index is 403. The molecule has 1 aliphatic heterocycles. The van der Waals surface area contributed by atoms with Gasteiger partial charge in [-0.15, -0.1) is 0 Å². The summed E-state index contributed by atoms with van der Waals surface area (Å²) in [5.41, 5.74) is 9.34. The predicted octanol–water partition coefficient (Wildman–Crippen LogP) is 2.21. The Kier molecular flexibility index (Phi) is 5.92. The quantitative estimate of drug-likeness (QED) is 0.866. The maximum Gasteiger partial charge on any atom is 0.131 e. The monoisotopic (exact) mass is 277 g/mol. The van der Waals surface area contributed by atoms with Crippen molar-refractivity contribution in [3.8, 4) is 0 Å². The lowest BCUT2D eigenvalue weighted by Gasteiger charge is -2.22. The van der Waals surface area contributed by atoms with Crippen LogP contribution in [0.1, 0.15) is 55.9 Å². The molecule has 2 heterocycles. The molecule has 0 radical (unpaired) electrons. The van der Waals surface area contributed by atoms with Crippen LogP contribution in [0.3, 0.4) is 0 Å². The number of hydrogen-bond donors (Lipinski definition) is 1. The lowest BCUT2D eigenvalue weighted by Crippen LogP contribution is -2.23. The van der Waals surface area contributed by atoms with Gasteiger partial charge in [-0.1, -0.05) is 13.8 Å². The number of aromatic nitrogens is 2. The molecule has 1 unspecified atom stereocenters. The second-order valence-electron chi connectivity index (χ2n) is 5.45. The van der Waals surface area contributed by atoms with Crippen molar-refractivity contribution in [2.24, 2.45) is 5.73 Å². The van der Waals surface area contributed by atoms with Crippen molar-refractivity contribution >= 4 is 0 Å². The Morgan fingerprint density at radius 1 is 1.15 bits per heavy atom. The molecule has 4 heteroatoms. The number of nitrogens with zero attached hydrogens (tertiary/aromatic N) is 2. The zero-order chi connectivity index (χ0) is 14.4. The first-order valence-corrected chi connectivity index (χ1v) is 7.97. The molecule has 0 spiro atoms. The molecule has 1 atom stereocenters. The molecule has 20 heavy (non-hydrogen) atoms. The van der Waals surface area contributed by atoms with E-state index in [1.165, 1.54) is 29.8 Å². The molecule has 1 saturated heterocycles. The van der Waals surface area contributed by atoms with E-state index in [4.69, 9.17) is 20.4 Å². The summed E-state index contributed by atoms with van der Waals surface area (Å²) in [6.07, 6.45) is 7.52. The largest absolute Gasteiger partial charge is 0.378 e. The topological polar surface area (TPSA) is 61.0 Å². The van der Waals surface area contributed by atoms with Crippen molar-refractivity contribution in [3.05, 3.63) is 22.8 Å². The van der Waals surface area contributed by atoms with E-state index in [2.05, 4.69) is 13.8 Å². The summed E-state index contributed by atoms with van der Waals surface area (Å²) in [4.78, 5) is 9.53. The second-order valence-corrected chi connectivity index (χ2v) is 5.45. The molecule has 1 aliphatic rings. The van der Waals surface area contributed by atoms with Gasteiger partial charge in [-0.25, -0.2) is 9.97 Å². The molecular weight excluding hydrogens is 250 g/mol. The zero-order valence-electron chi connectivity index (χ0n) is 12.8. The fourth-order valence-corrected chi connectivity index (χ4v) is 2.92. The minimum absolute atomic E-state index is 0.304. The van der Waals surface area contributed by atoms with Crippen LogP contribution in [0.25, 0.3) is 0 Å². The summed E-state index contributed by atoms with van der Waals surface area (Å²) in [6, 6.07) is 0. The van der Waals surface area contributed by atoms with Gasteiger partial charge >= 0.3 is 0 Å². The van der Waals surface area contributed by atoms with E-state index in [0.29, 0.717) is 12.6 Å². The number of aryl methyl sites for hydroxylation is 2. The van der Waals surface area contributed by atoms with Crippen molar-refractivity contribution in [3.63, 3.8) is 0 Å². The van der Waals surface area contributed by atoms with Crippen LogP contribution in [0, 0.1) is 0 Å². The third-order valence-electron chi connectivity index (χ3n) is 3.97. The predicted molar refractivity (Wildman–Crippen MR) is 80.8 cm³/mol. The van der Waals surface area contributed by atoms with Gasteiger partial charge in [0.05, 0.1) is 6.10 Å². The lowest BCUT2D eigenvalue weighted by atomic mass is 10.0. The van der Waals surface area contributed by atoms with E-state index in [-0.39, 0.29) is 0 Å². The van der Waals surface area contributed by atoms with E-state index in [1.807, 2.05) is 0 Å². The number of ether oxygens (including phenoxy) is 1. The van der Waals surface area contributed by atoms with E-state index in [0.717, 1.165) is 44.5 Å². The Morgan fingerprint density at radius 2 is 1.85 bits per heavy atom. The van der Waals surface area contributed by atoms with Gasteiger partial charge in [0.1, 0.15) is 5.82 Å². The molecule has 1 aromatic heterocycles.